The monoisotopic (exact) mass is 508 g/mol. The van der Waals surface area contributed by atoms with Crippen LogP contribution in [-0.4, -0.2) is 29.7 Å². The largest absolute Gasteiger partial charge is 0.493 e. The van der Waals surface area contributed by atoms with Crippen molar-refractivity contribution in [3.8, 4) is 17.6 Å². The molecule has 1 N–H and O–H groups in total. The van der Waals surface area contributed by atoms with Gasteiger partial charge in [0.05, 0.1) is 49.7 Å². The summed E-state index contributed by atoms with van der Waals surface area (Å²) in [6.45, 7) is 6.92. The van der Waals surface area contributed by atoms with Crippen LogP contribution in [0.4, 0.5) is 0 Å². The Labute approximate surface area is 218 Å². The van der Waals surface area contributed by atoms with Gasteiger partial charge < -0.3 is 19.4 Å². The van der Waals surface area contributed by atoms with Crippen LogP contribution in [0.2, 0.25) is 5.02 Å². The van der Waals surface area contributed by atoms with Gasteiger partial charge >= 0.3 is 0 Å². The maximum atomic E-state index is 12.6. The molecule has 0 aliphatic rings. The van der Waals surface area contributed by atoms with Crippen molar-refractivity contribution in [3.63, 3.8) is 0 Å². The highest BCUT2D eigenvalue weighted by Crippen LogP contribution is 2.38. The molecule has 3 aromatic rings. The van der Waals surface area contributed by atoms with Gasteiger partial charge in [-0.15, -0.1) is 0 Å². The highest BCUT2D eigenvalue weighted by molar-refractivity contribution is 6.33. The SMILES string of the molecule is COc1ccc(CC(C)CCC(=O)NCc2nc(C)c(C)n2Cc2ccccc2C#N)c(Cl)c1OC. The molecule has 2 aromatic carbocycles. The summed E-state index contributed by atoms with van der Waals surface area (Å²) in [7, 11) is 3.15. The van der Waals surface area contributed by atoms with Crippen molar-refractivity contribution in [2.75, 3.05) is 14.2 Å². The van der Waals surface area contributed by atoms with Gasteiger partial charge in [-0.1, -0.05) is 42.8 Å². The fourth-order valence-corrected chi connectivity index (χ4v) is 4.53. The zero-order chi connectivity index (χ0) is 26.2. The topological polar surface area (TPSA) is 89.2 Å². The Hall–Kier alpha value is -3.50. The molecule has 1 heterocycles. The number of hydrogen-bond acceptors (Lipinski definition) is 5. The van der Waals surface area contributed by atoms with Crippen molar-refractivity contribution in [2.45, 2.75) is 53.1 Å². The lowest BCUT2D eigenvalue weighted by Gasteiger charge is -2.16. The molecule has 0 spiro atoms. The Morgan fingerprint density at radius 2 is 1.92 bits per heavy atom. The number of benzene rings is 2. The predicted octanol–water partition coefficient (Wildman–Crippen LogP) is 5.37. The number of carbonyl (C=O) groups excluding carboxylic acids is 1. The summed E-state index contributed by atoms with van der Waals surface area (Å²) in [6.07, 6.45) is 1.86. The first kappa shape index (κ1) is 27.1. The number of rotatable bonds is 11. The fourth-order valence-electron chi connectivity index (χ4n) is 4.21. The summed E-state index contributed by atoms with van der Waals surface area (Å²) < 4.78 is 12.7. The number of aromatic nitrogens is 2. The van der Waals surface area contributed by atoms with Gasteiger partial charge in [0.1, 0.15) is 5.82 Å². The average Bonchev–Trinajstić information content (AvgIpc) is 3.15. The maximum absolute atomic E-state index is 12.6. The van der Waals surface area contributed by atoms with E-state index in [1.54, 1.807) is 14.2 Å². The molecule has 0 radical (unpaired) electrons. The van der Waals surface area contributed by atoms with Crippen molar-refractivity contribution >= 4 is 17.5 Å². The molecule has 0 bridgehead atoms. The minimum absolute atomic E-state index is 0.0254. The summed E-state index contributed by atoms with van der Waals surface area (Å²) in [4.78, 5) is 17.3. The van der Waals surface area contributed by atoms with E-state index in [0.29, 0.717) is 41.6 Å². The Morgan fingerprint density at radius 1 is 1.17 bits per heavy atom. The lowest BCUT2D eigenvalue weighted by molar-refractivity contribution is -0.121. The van der Waals surface area contributed by atoms with Crippen LogP contribution in [0.1, 0.15) is 53.7 Å². The molecule has 1 amide bonds. The second kappa shape index (κ2) is 12.5. The first-order chi connectivity index (χ1) is 17.3. The van der Waals surface area contributed by atoms with Crippen LogP contribution in [0.15, 0.2) is 36.4 Å². The predicted molar refractivity (Wildman–Crippen MR) is 140 cm³/mol. The number of amides is 1. The summed E-state index contributed by atoms with van der Waals surface area (Å²) in [5, 5.41) is 13.0. The van der Waals surface area contributed by atoms with E-state index < -0.39 is 0 Å². The normalized spacial score (nSPS) is 11.6. The number of imidazole rings is 1. The van der Waals surface area contributed by atoms with E-state index in [9.17, 15) is 10.1 Å². The smallest absolute Gasteiger partial charge is 0.220 e. The van der Waals surface area contributed by atoms with Crippen LogP contribution in [0.3, 0.4) is 0 Å². The molecule has 0 saturated heterocycles. The molecule has 0 fully saturated rings. The Bertz CT molecular complexity index is 1260. The van der Waals surface area contributed by atoms with E-state index in [-0.39, 0.29) is 11.8 Å². The molecule has 7 nitrogen and oxygen atoms in total. The van der Waals surface area contributed by atoms with Crippen molar-refractivity contribution in [3.05, 3.63) is 75.3 Å². The zero-order valence-electron chi connectivity index (χ0n) is 21.5. The molecule has 0 aliphatic heterocycles. The summed E-state index contributed by atoms with van der Waals surface area (Å²) in [5.74, 6) is 2.12. The number of nitriles is 1. The van der Waals surface area contributed by atoms with Crippen molar-refractivity contribution in [1.82, 2.24) is 14.9 Å². The van der Waals surface area contributed by atoms with Gasteiger partial charge in [0.25, 0.3) is 0 Å². The van der Waals surface area contributed by atoms with Crippen LogP contribution >= 0.6 is 11.6 Å². The highest BCUT2D eigenvalue weighted by Gasteiger charge is 2.17. The Balaban J connectivity index is 1.58. The van der Waals surface area contributed by atoms with E-state index in [2.05, 4.69) is 27.9 Å². The van der Waals surface area contributed by atoms with E-state index in [0.717, 1.165) is 41.2 Å². The van der Waals surface area contributed by atoms with Crippen LogP contribution in [0.5, 0.6) is 11.5 Å². The first-order valence-corrected chi connectivity index (χ1v) is 12.3. The van der Waals surface area contributed by atoms with Gasteiger partial charge in [0.15, 0.2) is 11.5 Å². The third-order valence-electron chi connectivity index (χ3n) is 6.44. The van der Waals surface area contributed by atoms with E-state index in [4.69, 9.17) is 21.1 Å². The third kappa shape index (κ3) is 6.38. The van der Waals surface area contributed by atoms with Crippen LogP contribution in [-0.2, 0) is 24.3 Å². The van der Waals surface area contributed by atoms with Crippen molar-refractivity contribution in [2.24, 2.45) is 5.92 Å². The minimum Gasteiger partial charge on any atom is -0.493 e. The van der Waals surface area contributed by atoms with E-state index in [1.165, 1.54) is 0 Å². The number of aryl methyl sites for hydroxylation is 1. The molecule has 1 unspecified atom stereocenters. The Morgan fingerprint density at radius 3 is 2.61 bits per heavy atom. The van der Waals surface area contributed by atoms with Crippen LogP contribution < -0.4 is 14.8 Å². The molecule has 8 heteroatoms. The van der Waals surface area contributed by atoms with Gasteiger partial charge in [-0.2, -0.15) is 5.26 Å². The van der Waals surface area contributed by atoms with Gasteiger partial charge in [-0.3, -0.25) is 4.79 Å². The number of ether oxygens (including phenoxy) is 2. The number of carbonyl (C=O) groups is 1. The molecule has 0 saturated carbocycles. The first-order valence-electron chi connectivity index (χ1n) is 12.0. The molecule has 3 rings (SSSR count). The van der Waals surface area contributed by atoms with Crippen LogP contribution in [0, 0.1) is 31.1 Å². The van der Waals surface area contributed by atoms with E-state index in [1.807, 2.05) is 50.2 Å². The second-order valence-corrected chi connectivity index (χ2v) is 9.33. The number of halogens is 1. The Kier molecular flexibility index (Phi) is 9.38. The van der Waals surface area contributed by atoms with Crippen molar-refractivity contribution < 1.29 is 14.3 Å². The maximum Gasteiger partial charge on any atom is 0.220 e. The third-order valence-corrected chi connectivity index (χ3v) is 6.86. The summed E-state index contributed by atoms with van der Waals surface area (Å²) in [6, 6.07) is 13.6. The summed E-state index contributed by atoms with van der Waals surface area (Å²) in [5.41, 5.74) is 4.46. The second-order valence-electron chi connectivity index (χ2n) is 8.95. The van der Waals surface area contributed by atoms with Gasteiger partial charge in [0.2, 0.25) is 5.91 Å². The standard InChI is InChI=1S/C28H33ClN4O3/c1-18(14-21-11-12-24(35-4)28(36-5)27(21)29)10-13-26(34)31-16-25-32-19(2)20(3)33(25)17-23-9-7-6-8-22(23)15-30/h6-9,11-12,18H,10,13-14,16-17H2,1-5H3,(H,31,34). The van der Waals surface area contributed by atoms with E-state index >= 15 is 0 Å². The molecular formula is C28H33ClN4O3. The molecule has 1 aromatic heterocycles. The lowest BCUT2D eigenvalue weighted by atomic mass is 9.96. The fraction of sp³-hybridized carbons (Fsp3) is 0.393. The zero-order valence-corrected chi connectivity index (χ0v) is 22.3. The lowest BCUT2D eigenvalue weighted by Crippen LogP contribution is -2.25. The number of nitrogens with one attached hydrogen (secondary N) is 1. The number of hydrogen-bond donors (Lipinski definition) is 1. The molecule has 190 valence electrons. The summed E-state index contributed by atoms with van der Waals surface area (Å²) >= 11 is 6.51. The number of nitrogens with zero attached hydrogens (tertiary/aromatic N) is 3. The highest BCUT2D eigenvalue weighted by atomic mass is 35.5. The number of methoxy groups -OCH3 is 2. The van der Waals surface area contributed by atoms with Gasteiger partial charge in [-0.05, 0) is 55.9 Å². The molecular weight excluding hydrogens is 476 g/mol. The molecule has 36 heavy (non-hydrogen) atoms. The van der Waals surface area contributed by atoms with Crippen molar-refractivity contribution in [1.29, 1.82) is 5.26 Å². The quantitative estimate of drug-likeness (QED) is 0.376. The van der Waals surface area contributed by atoms with Crippen LogP contribution in [0.25, 0.3) is 0 Å². The minimum atomic E-state index is -0.0254. The molecule has 1 atom stereocenters. The van der Waals surface area contributed by atoms with Gasteiger partial charge in [0, 0.05) is 12.1 Å². The molecule has 0 aliphatic carbocycles. The average molecular weight is 509 g/mol. The van der Waals surface area contributed by atoms with Gasteiger partial charge in [-0.25, -0.2) is 4.98 Å².